The van der Waals surface area contributed by atoms with Gasteiger partial charge in [0.05, 0.1) is 6.20 Å². The molecule has 3 aromatic rings. The number of aromatic nitrogens is 3. The number of nitrogens with zero attached hydrogens (tertiary/aromatic N) is 3. The molecule has 4 fully saturated rings. The molecule has 3 heterocycles. The maximum Gasteiger partial charge on any atom is 0.413 e. The van der Waals surface area contributed by atoms with Crippen LogP contribution in [-0.4, -0.2) is 37.4 Å². The van der Waals surface area contributed by atoms with Gasteiger partial charge in [0.15, 0.2) is 0 Å². The van der Waals surface area contributed by atoms with Crippen molar-refractivity contribution >= 4 is 17.6 Å². The molecule has 4 aliphatic rings. The number of nitrogens with one attached hydrogen (secondary N) is 2. The van der Waals surface area contributed by atoms with Crippen molar-refractivity contribution < 1.29 is 14.3 Å². The number of pyridine rings is 2. The average molecular weight is 431 g/mol. The molecule has 32 heavy (non-hydrogen) atoms. The van der Waals surface area contributed by atoms with Crippen LogP contribution in [0.25, 0.3) is 5.65 Å². The van der Waals surface area contributed by atoms with Crippen LogP contribution in [0.1, 0.15) is 49.0 Å². The minimum atomic E-state index is -0.447. The summed E-state index contributed by atoms with van der Waals surface area (Å²) >= 11 is 0. The Labute approximate surface area is 185 Å². The van der Waals surface area contributed by atoms with Crippen LogP contribution in [0.4, 0.5) is 4.79 Å². The van der Waals surface area contributed by atoms with E-state index >= 15 is 0 Å². The molecule has 4 aliphatic carbocycles. The Balaban J connectivity index is 1.19. The van der Waals surface area contributed by atoms with Crippen LogP contribution in [0.5, 0.6) is 5.75 Å². The van der Waals surface area contributed by atoms with E-state index in [0.29, 0.717) is 23.3 Å². The lowest BCUT2D eigenvalue weighted by Gasteiger charge is -2.62. The van der Waals surface area contributed by atoms with Crippen molar-refractivity contribution in [2.75, 3.05) is 0 Å². The van der Waals surface area contributed by atoms with E-state index in [1.807, 2.05) is 22.7 Å². The van der Waals surface area contributed by atoms with Crippen molar-refractivity contribution in [3.8, 4) is 5.75 Å². The molecular weight excluding hydrogens is 406 g/mol. The molecule has 0 radical (unpaired) electrons. The maximum absolute atomic E-state index is 12.9. The quantitative estimate of drug-likeness (QED) is 0.660. The summed E-state index contributed by atoms with van der Waals surface area (Å²) in [5.74, 6) is 1.31. The molecular formula is C24H25N5O3. The first kappa shape index (κ1) is 19.3. The largest absolute Gasteiger partial charge is 0.413 e. The van der Waals surface area contributed by atoms with Crippen LogP contribution in [0.15, 0.2) is 55.1 Å². The highest BCUT2D eigenvalue weighted by atomic mass is 16.6. The van der Waals surface area contributed by atoms with Crippen LogP contribution >= 0.6 is 0 Å². The van der Waals surface area contributed by atoms with E-state index < -0.39 is 6.09 Å². The third-order valence-corrected chi connectivity index (χ3v) is 7.28. The summed E-state index contributed by atoms with van der Waals surface area (Å²) in [6, 6.07) is 8.92. The van der Waals surface area contributed by atoms with Gasteiger partial charge in [-0.15, -0.1) is 0 Å². The Morgan fingerprint density at radius 1 is 0.969 bits per heavy atom. The number of carbonyl (C=O) groups excluding carboxylic acids is 2. The average Bonchev–Trinajstić information content (AvgIpc) is 3.20. The number of fused-ring (bicyclic) bond motifs is 1. The van der Waals surface area contributed by atoms with Gasteiger partial charge in [0, 0.05) is 29.7 Å². The SMILES string of the molecule is O=C(NC12CC3CC(C1)CC(NC(=O)c1ccccn1)(C3)C2)Oc1ccc2nccn2c1. The maximum atomic E-state index is 12.9. The van der Waals surface area contributed by atoms with Crippen LogP contribution in [-0.2, 0) is 0 Å². The summed E-state index contributed by atoms with van der Waals surface area (Å²) in [6.45, 7) is 0. The van der Waals surface area contributed by atoms with Crippen molar-refractivity contribution in [1.82, 2.24) is 25.0 Å². The minimum absolute atomic E-state index is 0.140. The van der Waals surface area contributed by atoms with E-state index in [2.05, 4.69) is 20.6 Å². The summed E-state index contributed by atoms with van der Waals surface area (Å²) in [5.41, 5.74) is 0.573. The predicted octanol–water partition coefficient (Wildman–Crippen LogP) is 3.34. The molecule has 8 nitrogen and oxygen atoms in total. The lowest BCUT2D eigenvalue weighted by molar-refractivity contribution is -0.0449. The van der Waals surface area contributed by atoms with Crippen molar-refractivity contribution in [2.45, 2.75) is 49.6 Å². The van der Waals surface area contributed by atoms with Gasteiger partial charge in [-0.3, -0.25) is 9.78 Å². The smallest absolute Gasteiger partial charge is 0.409 e. The zero-order valence-corrected chi connectivity index (χ0v) is 17.7. The third-order valence-electron chi connectivity index (χ3n) is 7.28. The molecule has 3 aromatic heterocycles. The van der Waals surface area contributed by atoms with Gasteiger partial charge in [0.2, 0.25) is 0 Å². The Bertz CT molecular complexity index is 1180. The van der Waals surface area contributed by atoms with Gasteiger partial charge in [-0.1, -0.05) is 6.07 Å². The molecule has 4 saturated carbocycles. The molecule has 2 amide bonds. The zero-order chi connectivity index (χ0) is 21.8. The molecule has 0 aliphatic heterocycles. The van der Waals surface area contributed by atoms with E-state index in [1.165, 1.54) is 0 Å². The predicted molar refractivity (Wildman–Crippen MR) is 116 cm³/mol. The Morgan fingerprint density at radius 2 is 1.75 bits per heavy atom. The highest BCUT2D eigenvalue weighted by Crippen LogP contribution is 2.57. The van der Waals surface area contributed by atoms with E-state index in [1.54, 1.807) is 36.8 Å². The second-order valence-corrected chi connectivity index (χ2v) is 9.76. The normalized spacial score (nSPS) is 30.2. The second-order valence-electron chi connectivity index (χ2n) is 9.76. The van der Waals surface area contributed by atoms with E-state index in [-0.39, 0.29) is 17.0 Å². The molecule has 0 spiro atoms. The molecule has 2 atom stereocenters. The first-order valence-electron chi connectivity index (χ1n) is 11.2. The first-order chi connectivity index (χ1) is 15.5. The second kappa shape index (κ2) is 7.05. The number of carbonyl (C=O) groups is 2. The highest BCUT2D eigenvalue weighted by molar-refractivity contribution is 5.92. The molecule has 8 heteroatoms. The van der Waals surface area contributed by atoms with E-state index in [9.17, 15) is 9.59 Å². The number of ether oxygens (including phenoxy) is 1. The molecule has 4 bridgehead atoms. The summed E-state index contributed by atoms with van der Waals surface area (Å²) in [7, 11) is 0. The lowest BCUT2D eigenvalue weighted by atomic mass is 9.50. The van der Waals surface area contributed by atoms with Gasteiger partial charge >= 0.3 is 6.09 Å². The topological polar surface area (TPSA) is 97.6 Å². The molecule has 164 valence electrons. The number of hydrogen-bond acceptors (Lipinski definition) is 5. The third kappa shape index (κ3) is 3.39. The fraction of sp³-hybridized carbons (Fsp3) is 0.417. The van der Waals surface area contributed by atoms with Gasteiger partial charge in [-0.25, -0.2) is 9.78 Å². The molecule has 2 N–H and O–H groups in total. The van der Waals surface area contributed by atoms with Gasteiger partial charge in [-0.2, -0.15) is 0 Å². The number of rotatable bonds is 4. The van der Waals surface area contributed by atoms with Crippen LogP contribution in [0.3, 0.4) is 0 Å². The van der Waals surface area contributed by atoms with Crippen LogP contribution in [0.2, 0.25) is 0 Å². The lowest BCUT2D eigenvalue weighted by Crippen LogP contribution is -2.70. The summed E-state index contributed by atoms with van der Waals surface area (Å²) in [6.07, 6.45) is 12.1. The molecule has 7 rings (SSSR count). The zero-order valence-electron chi connectivity index (χ0n) is 17.7. The Morgan fingerprint density at radius 3 is 2.50 bits per heavy atom. The Hall–Kier alpha value is -3.42. The standard InChI is InChI=1S/C24H25N5O3/c30-21(19-3-1-2-6-25-19)27-23-10-16-9-17(11-23)13-24(12-16,15-23)28-22(31)32-18-4-5-20-26-7-8-29(20)14-18/h1-8,14,16-17H,9-13,15H2,(H,27,30)(H,28,31). The monoisotopic (exact) mass is 431 g/mol. The van der Waals surface area contributed by atoms with Gasteiger partial charge < -0.3 is 19.8 Å². The molecule has 2 unspecified atom stereocenters. The summed E-state index contributed by atoms with van der Waals surface area (Å²) in [4.78, 5) is 34.2. The summed E-state index contributed by atoms with van der Waals surface area (Å²) in [5, 5.41) is 6.50. The summed E-state index contributed by atoms with van der Waals surface area (Å²) < 4.78 is 7.43. The van der Waals surface area contributed by atoms with Crippen molar-refractivity contribution in [1.29, 1.82) is 0 Å². The molecule has 0 saturated heterocycles. The van der Waals surface area contributed by atoms with Gasteiger partial charge in [-0.05, 0) is 74.6 Å². The van der Waals surface area contributed by atoms with Crippen molar-refractivity contribution in [2.24, 2.45) is 11.8 Å². The number of hydrogen-bond donors (Lipinski definition) is 2. The fourth-order valence-corrected chi connectivity index (χ4v) is 6.67. The van der Waals surface area contributed by atoms with E-state index in [4.69, 9.17) is 4.74 Å². The Kier molecular flexibility index (Phi) is 4.25. The van der Waals surface area contributed by atoms with Gasteiger partial charge in [0.1, 0.15) is 17.1 Å². The van der Waals surface area contributed by atoms with Crippen molar-refractivity contribution in [3.05, 3.63) is 60.8 Å². The number of imidazole rings is 1. The first-order valence-corrected chi connectivity index (χ1v) is 11.2. The molecule has 0 aromatic carbocycles. The minimum Gasteiger partial charge on any atom is -0.409 e. The van der Waals surface area contributed by atoms with Crippen LogP contribution < -0.4 is 15.4 Å². The van der Waals surface area contributed by atoms with Crippen molar-refractivity contribution in [3.63, 3.8) is 0 Å². The fourth-order valence-electron chi connectivity index (χ4n) is 6.67. The van der Waals surface area contributed by atoms with Gasteiger partial charge in [0.25, 0.3) is 5.91 Å². The van der Waals surface area contributed by atoms with Crippen LogP contribution in [0, 0.1) is 11.8 Å². The number of amides is 2. The van der Waals surface area contributed by atoms with E-state index in [0.717, 1.165) is 44.2 Å². The highest BCUT2D eigenvalue weighted by Gasteiger charge is 2.59.